The molecule has 0 amide bonds. The first-order valence-corrected chi connectivity index (χ1v) is 10.0. The number of nitrogens with zero attached hydrogens (tertiary/aromatic N) is 5. The molecule has 0 saturated heterocycles. The lowest BCUT2D eigenvalue weighted by Crippen LogP contribution is -2.09. The topological polar surface area (TPSA) is 105 Å². The van der Waals surface area contributed by atoms with Crippen molar-refractivity contribution in [2.24, 2.45) is 7.05 Å². The van der Waals surface area contributed by atoms with E-state index in [1.54, 1.807) is 19.3 Å². The number of hydrogen-bond donors (Lipinski definition) is 1. The largest absolute Gasteiger partial charge is 0.482 e. The van der Waals surface area contributed by atoms with E-state index in [0.717, 1.165) is 22.4 Å². The highest BCUT2D eigenvalue weighted by molar-refractivity contribution is 5.73. The van der Waals surface area contributed by atoms with Gasteiger partial charge in [0.2, 0.25) is 0 Å². The van der Waals surface area contributed by atoms with Gasteiger partial charge >= 0.3 is 0 Å². The molecule has 0 radical (unpaired) electrons. The Morgan fingerprint density at radius 2 is 2.10 bits per heavy atom. The lowest BCUT2D eigenvalue weighted by Gasteiger charge is -2.20. The van der Waals surface area contributed by atoms with E-state index in [2.05, 4.69) is 20.3 Å². The molecule has 4 aromatic rings. The van der Waals surface area contributed by atoms with Gasteiger partial charge in [-0.3, -0.25) is 0 Å². The molecule has 0 spiro atoms. The van der Waals surface area contributed by atoms with Crippen LogP contribution in [0.5, 0.6) is 5.75 Å². The molecule has 1 atom stereocenters. The first kappa shape index (κ1) is 19.2. The zero-order valence-corrected chi connectivity index (χ0v) is 17.4. The lowest BCUT2D eigenvalue weighted by molar-refractivity contribution is 0.227. The van der Waals surface area contributed by atoms with Gasteiger partial charge in [0.15, 0.2) is 17.3 Å². The van der Waals surface area contributed by atoms with Gasteiger partial charge in [-0.05, 0) is 37.6 Å². The van der Waals surface area contributed by atoms with Crippen LogP contribution in [0.3, 0.4) is 0 Å². The van der Waals surface area contributed by atoms with Crippen LogP contribution in [-0.4, -0.2) is 25.1 Å². The second kappa shape index (κ2) is 7.19. The summed E-state index contributed by atoms with van der Waals surface area (Å²) in [6.07, 6.45) is 2.23. The highest BCUT2D eigenvalue weighted by atomic mass is 19.1. The number of fused-ring (bicyclic) bond motifs is 7. The molecule has 0 unspecified atom stereocenters. The van der Waals surface area contributed by atoms with Crippen LogP contribution in [0.15, 0.2) is 35.0 Å². The first-order valence-electron chi connectivity index (χ1n) is 10.0. The highest BCUT2D eigenvalue weighted by Gasteiger charge is 2.26. The predicted octanol–water partition coefficient (Wildman–Crippen LogP) is 3.86. The van der Waals surface area contributed by atoms with E-state index in [-0.39, 0.29) is 11.6 Å². The molecular formula is C22H21FN6O2. The minimum Gasteiger partial charge on any atom is -0.482 e. The fourth-order valence-corrected chi connectivity index (χ4v) is 4.01. The number of nitrogen functional groups attached to an aromatic ring is 1. The van der Waals surface area contributed by atoms with Gasteiger partial charge < -0.3 is 15.0 Å². The normalized spacial score (nSPS) is 15.2. The van der Waals surface area contributed by atoms with E-state index >= 15 is 0 Å². The SMILES string of the molecule is CCc1noc2c1-c1cnc(N)c(c1)O[C@H](C)c1cc(F)ccc1-c1nn(C)nc1C2. The van der Waals surface area contributed by atoms with E-state index < -0.39 is 6.10 Å². The molecule has 9 heteroatoms. The molecule has 1 aromatic carbocycles. The minimum absolute atomic E-state index is 0.252. The summed E-state index contributed by atoms with van der Waals surface area (Å²) < 4.78 is 26.1. The van der Waals surface area contributed by atoms with Crippen LogP contribution < -0.4 is 10.5 Å². The molecule has 0 aliphatic carbocycles. The van der Waals surface area contributed by atoms with E-state index in [1.165, 1.54) is 16.9 Å². The van der Waals surface area contributed by atoms with Gasteiger partial charge in [0.1, 0.15) is 17.6 Å². The second-order valence-electron chi connectivity index (χ2n) is 7.54. The summed E-state index contributed by atoms with van der Waals surface area (Å²) in [5, 5.41) is 13.4. The average molecular weight is 420 g/mol. The van der Waals surface area contributed by atoms with Crippen molar-refractivity contribution in [1.29, 1.82) is 0 Å². The number of ether oxygens (including phenoxy) is 1. The van der Waals surface area contributed by atoms with Crippen molar-refractivity contribution in [1.82, 2.24) is 25.1 Å². The molecule has 4 heterocycles. The minimum atomic E-state index is -0.507. The number of anilines is 1. The molecule has 2 N–H and O–H groups in total. The summed E-state index contributed by atoms with van der Waals surface area (Å²) >= 11 is 0. The van der Waals surface area contributed by atoms with Crippen molar-refractivity contribution >= 4 is 5.82 Å². The Morgan fingerprint density at radius 3 is 2.90 bits per heavy atom. The summed E-state index contributed by atoms with van der Waals surface area (Å²) in [7, 11) is 1.75. The van der Waals surface area contributed by atoms with E-state index in [0.29, 0.717) is 41.3 Å². The molecule has 0 saturated carbocycles. The smallest absolute Gasteiger partial charge is 0.166 e. The van der Waals surface area contributed by atoms with Crippen LogP contribution in [0.1, 0.15) is 42.7 Å². The zero-order valence-electron chi connectivity index (χ0n) is 17.4. The fourth-order valence-electron chi connectivity index (χ4n) is 4.01. The number of nitrogens with two attached hydrogens (primary N) is 1. The van der Waals surface area contributed by atoms with Gasteiger partial charge in [-0.15, -0.1) is 0 Å². The molecule has 31 heavy (non-hydrogen) atoms. The number of pyridine rings is 1. The van der Waals surface area contributed by atoms with E-state index in [1.807, 2.05) is 19.9 Å². The summed E-state index contributed by atoms with van der Waals surface area (Å²) in [5.41, 5.74) is 11.3. The van der Waals surface area contributed by atoms with Gasteiger partial charge in [0.25, 0.3) is 0 Å². The molecule has 0 fully saturated rings. The number of hydrogen-bond acceptors (Lipinski definition) is 7. The maximum atomic E-state index is 14.2. The van der Waals surface area contributed by atoms with Crippen molar-refractivity contribution in [3.05, 3.63) is 59.0 Å². The van der Waals surface area contributed by atoms with Crippen LogP contribution in [-0.2, 0) is 19.9 Å². The summed E-state index contributed by atoms with van der Waals surface area (Å²) in [4.78, 5) is 5.82. The fraction of sp³-hybridized carbons (Fsp3) is 0.273. The third-order valence-electron chi connectivity index (χ3n) is 5.46. The molecule has 2 bridgehead atoms. The Hall–Kier alpha value is -3.75. The van der Waals surface area contributed by atoms with Crippen molar-refractivity contribution in [3.8, 4) is 28.1 Å². The highest BCUT2D eigenvalue weighted by Crippen LogP contribution is 2.39. The van der Waals surface area contributed by atoms with Crippen LogP contribution in [0.2, 0.25) is 0 Å². The Kier molecular flexibility index (Phi) is 4.46. The molecule has 158 valence electrons. The third kappa shape index (κ3) is 3.22. The van der Waals surface area contributed by atoms with Gasteiger partial charge in [-0.2, -0.15) is 15.0 Å². The average Bonchev–Trinajstić information content (AvgIpc) is 3.32. The second-order valence-corrected chi connectivity index (χ2v) is 7.54. The van der Waals surface area contributed by atoms with Gasteiger partial charge in [0, 0.05) is 35.5 Å². The Morgan fingerprint density at radius 1 is 1.26 bits per heavy atom. The van der Waals surface area contributed by atoms with Crippen LogP contribution in [0.4, 0.5) is 10.2 Å². The van der Waals surface area contributed by atoms with Crippen molar-refractivity contribution < 1.29 is 13.7 Å². The van der Waals surface area contributed by atoms with Gasteiger partial charge in [-0.1, -0.05) is 12.1 Å². The zero-order chi connectivity index (χ0) is 21.7. The summed E-state index contributed by atoms with van der Waals surface area (Å²) in [5.74, 6) is 0.946. The molecular weight excluding hydrogens is 399 g/mol. The first-order chi connectivity index (χ1) is 14.9. The van der Waals surface area contributed by atoms with Gasteiger partial charge in [0.05, 0.1) is 17.8 Å². The lowest BCUT2D eigenvalue weighted by atomic mass is 9.96. The molecule has 3 aromatic heterocycles. The summed E-state index contributed by atoms with van der Waals surface area (Å²) in [6, 6.07) is 6.38. The number of rotatable bonds is 1. The maximum absolute atomic E-state index is 14.2. The molecule has 1 aliphatic rings. The van der Waals surface area contributed by atoms with E-state index in [4.69, 9.17) is 15.0 Å². The monoisotopic (exact) mass is 420 g/mol. The molecule has 8 nitrogen and oxygen atoms in total. The van der Waals surface area contributed by atoms with Crippen LogP contribution >= 0.6 is 0 Å². The maximum Gasteiger partial charge on any atom is 0.166 e. The van der Waals surface area contributed by atoms with Gasteiger partial charge in [-0.25, -0.2) is 9.37 Å². The van der Waals surface area contributed by atoms with Crippen molar-refractivity contribution in [2.75, 3.05) is 5.73 Å². The quantitative estimate of drug-likeness (QED) is 0.498. The molecule has 5 rings (SSSR count). The third-order valence-corrected chi connectivity index (χ3v) is 5.46. The van der Waals surface area contributed by atoms with Crippen molar-refractivity contribution in [3.63, 3.8) is 0 Å². The predicted molar refractivity (Wildman–Crippen MR) is 112 cm³/mol. The molecule has 1 aliphatic heterocycles. The Bertz CT molecular complexity index is 1300. The van der Waals surface area contributed by atoms with E-state index in [9.17, 15) is 4.39 Å². The Labute approximate surface area is 177 Å². The number of aromatic nitrogens is 5. The number of halogens is 1. The van der Waals surface area contributed by atoms with Crippen molar-refractivity contribution in [2.45, 2.75) is 32.8 Å². The van der Waals surface area contributed by atoms with Crippen LogP contribution in [0.25, 0.3) is 22.4 Å². The standard InChI is InChI=1S/C22H21FN6O2/c1-4-16-20-12-7-19(22(24)25-10-12)30-11(2)15-8-13(23)5-6-14(15)21-17(26-29(3)27-21)9-18(20)31-28-16/h5-8,10-11H,4,9H2,1-3H3,(H2,24,25)/t11-/m1/s1. The Balaban J connectivity index is 1.81. The summed E-state index contributed by atoms with van der Waals surface area (Å²) in [6.45, 7) is 3.85. The van der Waals surface area contributed by atoms with Crippen LogP contribution in [0, 0.1) is 5.82 Å². The number of benzene rings is 1. The number of aryl methyl sites for hydroxylation is 2.